The Kier molecular flexibility index (Phi) is 15.9. The molecular formula is C19H32N2O7S2. The largest absolute Gasteiger partial charge is 0.372 e. The first-order valence-corrected chi connectivity index (χ1v) is 12.4. The zero-order valence-electron chi connectivity index (χ0n) is 17.4. The number of hydrogen-bond acceptors (Lipinski definition) is 6. The van der Waals surface area contributed by atoms with Crippen LogP contribution in [0.1, 0.15) is 52.4 Å². The minimum Gasteiger partial charge on any atom is -0.372 e. The number of carbonyl (C=O) groups is 1. The van der Waals surface area contributed by atoms with Crippen LogP contribution in [0.15, 0.2) is 30.3 Å². The van der Waals surface area contributed by atoms with Gasteiger partial charge in [-0.1, -0.05) is 57.2 Å². The molecule has 1 amide bonds. The molecule has 0 aliphatic heterocycles. The van der Waals surface area contributed by atoms with Crippen molar-refractivity contribution < 1.29 is 30.9 Å². The van der Waals surface area contributed by atoms with Gasteiger partial charge in [-0.15, -0.1) is 0 Å². The fraction of sp³-hybridized carbons (Fsp3) is 0.579. The van der Waals surface area contributed by atoms with Gasteiger partial charge >= 0.3 is 0 Å². The van der Waals surface area contributed by atoms with Crippen LogP contribution in [0.25, 0.3) is 0 Å². The zero-order valence-corrected chi connectivity index (χ0v) is 19.0. The topological polar surface area (TPSA) is 139 Å². The van der Waals surface area contributed by atoms with Crippen LogP contribution in [-0.4, -0.2) is 51.4 Å². The Bertz CT molecular complexity index is 818. The van der Waals surface area contributed by atoms with Gasteiger partial charge in [-0.05, 0) is 25.5 Å². The van der Waals surface area contributed by atoms with Gasteiger partial charge in [0.05, 0.1) is 0 Å². The molecule has 172 valence electrons. The molecule has 1 atom stereocenters. The predicted molar refractivity (Wildman–Crippen MR) is 118 cm³/mol. The summed E-state index contributed by atoms with van der Waals surface area (Å²) in [6.45, 7) is 4.14. The van der Waals surface area contributed by atoms with Gasteiger partial charge in [-0.25, -0.2) is 0 Å². The molecule has 0 saturated heterocycles. The van der Waals surface area contributed by atoms with Crippen LogP contribution in [-0.2, 0) is 29.9 Å². The van der Waals surface area contributed by atoms with Crippen molar-refractivity contribution >= 4 is 37.5 Å². The second-order valence-corrected chi connectivity index (χ2v) is 8.93. The third-order valence-corrected chi connectivity index (χ3v) is 5.14. The van der Waals surface area contributed by atoms with Crippen molar-refractivity contribution in [2.24, 2.45) is 0 Å². The van der Waals surface area contributed by atoms with E-state index < -0.39 is 25.8 Å². The molecule has 1 unspecified atom stereocenters. The van der Waals surface area contributed by atoms with Gasteiger partial charge in [0, 0.05) is 12.3 Å². The maximum absolute atomic E-state index is 11.6. The van der Waals surface area contributed by atoms with E-state index in [0.29, 0.717) is 12.1 Å². The molecule has 0 heterocycles. The maximum Gasteiger partial charge on any atom is 0.281 e. The number of carbonyl (C=O) groups excluding carboxylic acids is 1. The van der Waals surface area contributed by atoms with Crippen molar-refractivity contribution in [1.29, 1.82) is 0 Å². The SMILES string of the molecule is CC(NC=S(=O)=O)S(=O)(=O)O.CCCCCCCCOCC(=O)Nc1ccccc1. The highest BCUT2D eigenvalue weighted by molar-refractivity contribution is 7.86. The van der Waals surface area contributed by atoms with Gasteiger partial charge in [0.25, 0.3) is 10.1 Å². The van der Waals surface area contributed by atoms with Gasteiger partial charge in [-0.3, -0.25) is 14.7 Å². The standard InChI is InChI=1S/C16H25NO2.C3H7NO5S2/c1-2-3-4-5-6-10-13-19-14-16(18)17-15-11-8-7-9-12-15;1-3(11(7,8)9)4-2-10(5)6/h7-9,11-12H,2-6,10,13-14H2,1H3,(H,17,18);2-4H,1H3,(H,7,8,9). The average Bonchev–Trinajstić information content (AvgIpc) is 2.68. The zero-order chi connectivity index (χ0) is 22.8. The quantitative estimate of drug-likeness (QED) is 0.230. The molecule has 0 aliphatic carbocycles. The summed E-state index contributed by atoms with van der Waals surface area (Å²) < 4.78 is 53.8. The lowest BCUT2D eigenvalue weighted by Gasteiger charge is -2.06. The summed E-state index contributed by atoms with van der Waals surface area (Å²) in [4.78, 5) is 11.6. The molecule has 0 saturated carbocycles. The number of nitrogens with one attached hydrogen (secondary N) is 2. The number of para-hydroxylation sites is 1. The molecular weight excluding hydrogens is 432 g/mol. The summed E-state index contributed by atoms with van der Waals surface area (Å²) in [7, 11) is -6.70. The van der Waals surface area contributed by atoms with Crippen LogP contribution >= 0.6 is 0 Å². The number of amides is 1. The molecule has 9 nitrogen and oxygen atoms in total. The molecule has 1 rings (SSSR count). The number of ether oxygens (including phenoxy) is 1. The van der Waals surface area contributed by atoms with E-state index in [1.165, 1.54) is 32.1 Å². The summed E-state index contributed by atoms with van der Waals surface area (Å²) in [5, 5.41) is 3.42. The Balaban J connectivity index is 0.000000654. The molecule has 0 aromatic heterocycles. The van der Waals surface area contributed by atoms with E-state index in [9.17, 15) is 21.6 Å². The van der Waals surface area contributed by atoms with Gasteiger partial charge in [-0.2, -0.15) is 16.8 Å². The Morgan fingerprint density at radius 1 is 1.13 bits per heavy atom. The van der Waals surface area contributed by atoms with E-state index in [1.54, 1.807) is 0 Å². The van der Waals surface area contributed by atoms with Crippen molar-refractivity contribution in [1.82, 2.24) is 5.32 Å². The first-order valence-electron chi connectivity index (χ1n) is 9.73. The maximum atomic E-state index is 11.6. The molecule has 30 heavy (non-hydrogen) atoms. The lowest BCUT2D eigenvalue weighted by molar-refractivity contribution is -0.120. The number of hydrogen-bond donors (Lipinski definition) is 3. The minimum absolute atomic E-state index is 0.0859. The number of anilines is 1. The Morgan fingerprint density at radius 2 is 1.73 bits per heavy atom. The molecule has 0 spiro atoms. The van der Waals surface area contributed by atoms with Crippen LogP contribution in [0.4, 0.5) is 5.69 Å². The van der Waals surface area contributed by atoms with E-state index >= 15 is 0 Å². The lowest BCUT2D eigenvalue weighted by atomic mass is 10.1. The number of benzene rings is 1. The molecule has 0 bridgehead atoms. The van der Waals surface area contributed by atoms with Crippen LogP contribution in [0.2, 0.25) is 0 Å². The first-order chi connectivity index (χ1) is 14.2. The average molecular weight is 465 g/mol. The molecule has 0 radical (unpaired) electrons. The summed E-state index contributed by atoms with van der Waals surface area (Å²) in [5.41, 5.74) is 1.36. The Hall–Kier alpha value is -1.79. The third kappa shape index (κ3) is 17.1. The monoisotopic (exact) mass is 464 g/mol. The summed E-state index contributed by atoms with van der Waals surface area (Å²) >= 11 is 0. The van der Waals surface area contributed by atoms with Crippen molar-refractivity contribution in [2.75, 3.05) is 18.5 Å². The summed E-state index contributed by atoms with van der Waals surface area (Å²) in [5.74, 6) is -0.0859. The lowest BCUT2D eigenvalue weighted by Crippen LogP contribution is -2.32. The normalized spacial score (nSPS) is 11.7. The predicted octanol–water partition coefficient (Wildman–Crippen LogP) is 2.45. The highest BCUT2D eigenvalue weighted by Crippen LogP contribution is 2.06. The van der Waals surface area contributed by atoms with Crippen LogP contribution in [0.5, 0.6) is 0 Å². The highest BCUT2D eigenvalue weighted by atomic mass is 32.2. The third-order valence-electron chi connectivity index (χ3n) is 3.78. The van der Waals surface area contributed by atoms with Crippen LogP contribution < -0.4 is 10.6 Å². The van der Waals surface area contributed by atoms with E-state index in [-0.39, 0.29) is 12.5 Å². The molecule has 3 N–H and O–H groups in total. The highest BCUT2D eigenvalue weighted by Gasteiger charge is 2.14. The van der Waals surface area contributed by atoms with Gasteiger partial charge < -0.3 is 10.1 Å². The smallest absolute Gasteiger partial charge is 0.281 e. The van der Waals surface area contributed by atoms with Crippen molar-refractivity contribution in [3.05, 3.63) is 30.3 Å². The van der Waals surface area contributed by atoms with Crippen LogP contribution in [0.3, 0.4) is 0 Å². The number of unbranched alkanes of at least 4 members (excludes halogenated alkanes) is 5. The molecule has 0 fully saturated rings. The van der Waals surface area contributed by atoms with Crippen LogP contribution in [0, 0.1) is 0 Å². The minimum atomic E-state index is -4.21. The van der Waals surface area contributed by atoms with Gasteiger partial charge in [0.2, 0.25) is 16.2 Å². The van der Waals surface area contributed by atoms with E-state index in [0.717, 1.165) is 19.0 Å². The Morgan fingerprint density at radius 3 is 2.30 bits per heavy atom. The summed E-state index contributed by atoms with van der Waals surface area (Å²) in [6.07, 6.45) is 7.41. The summed E-state index contributed by atoms with van der Waals surface area (Å²) in [6, 6.07) is 9.45. The number of rotatable bonds is 13. The van der Waals surface area contributed by atoms with Gasteiger partial charge in [0.1, 0.15) is 17.5 Å². The second kappa shape index (κ2) is 16.9. The molecule has 0 aliphatic rings. The fourth-order valence-corrected chi connectivity index (χ4v) is 2.75. The van der Waals surface area contributed by atoms with Gasteiger partial charge in [0.15, 0.2) is 0 Å². The molecule has 1 aromatic carbocycles. The van der Waals surface area contributed by atoms with Crippen molar-refractivity contribution in [3.63, 3.8) is 0 Å². The molecule has 1 aromatic rings. The van der Waals surface area contributed by atoms with E-state index in [1.807, 2.05) is 35.6 Å². The van der Waals surface area contributed by atoms with Crippen molar-refractivity contribution in [3.8, 4) is 0 Å². The fourth-order valence-electron chi connectivity index (χ4n) is 2.11. The molecule has 11 heteroatoms. The van der Waals surface area contributed by atoms with E-state index in [4.69, 9.17) is 9.29 Å². The second-order valence-electron chi connectivity index (χ2n) is 6.44. The first kappa shape index (κ1) is 28.2. The van der Waals surface area contributed by atoms with E-state index in [2.05, 4.69) is 12.2 Å². The Labute approximate surface area is 180 Å². The van der Waals surface area contributed by atoms with Crippen molar-refractivity contribution in [2.45, 2.75) is 57.7 Å².